The van der Waals surface area contributed by atoms with Crippen LogP contribution in [0.1, 0.15) is 30.1 Å². The van der Waals surface area contributed by atoms with Gasteiger partial charge in [-0.1, -0.05) is 6.07 Å². The highest BCUT2D eigenvalue weighted by atomic mass is 16.5. The van der Waals surface area contributed by atoms with Gasteiger partial charge in [-0.3, -0.25) is 4.79 Å². The fourth-order valence-corrected chi connectivity index (χ4v) is 2.43. The lowest BCUT2D eigenvalue weighted by Crippen LogP contribution is -2.41. The molecule has 5 nitrogen and oxygen atoms in total. The number of likely N-dealkylation sites (tertiary alicyclic amines) is 1. The molecule has 0 aromatic heterocycles. The second-order valence-electron chi connectivity index (χ2n) is 5.00. The zero-order valence-corrected chi connectivity index (χ0v) is 11.9. The first-order valence-corrected chi connectivity index (χ1v) is 6.80. The molecule has 2 rings (SSSR count). The molecule has 0 bridgehead atoms. The molecule has 0 unspecified atom stereocenters. The number of nitrogens with zero attached hydrogens (tertiary/aromatic N) is 1. The number of nitrogens with one attached hydrogen (secondary N) is 1. The smallest absolute Gasteiger partial charge is 0.337 e. The highest BCUT2D eigenvalue weighted by molar-refractivity contribution is 5.90. The Balaban J connectivity index is 1.94. The first-order valence-electron chi connectivity index (χ1n) is 6.80. The number of ether oxygens (including phenoxy) is 1. The van der Waals surface area contributed by atoms with Crippen molar-refractivity contribution in [3.05, 3.63) is 29.8 Å². The standard InChI is InChI=1S/C15H20N2O3/c1-11(18)17-8-6-13(7-9-17)16-14-5-3-4-12(10-14)15(19)20-2/h3-5,10,13,16H,6-9H2,1-2H3. The summed E-state index contributed by atoms with van der Waals surface area (Å²) in [5, 5.41) is 3.41. The van der Waals surface area contributed by atoms with Crippen LogP contribution in [-0.2, 0) is 9.53 Å². The Kier molecular flexibility index (Phi) is 4.61. The van der Waals surface area contributed by atoms with Gasteiger partial charge in [-0.15, -0.1) is 0 Å². The SMILES string of the molecule is COC(=O)c1cccc(NC2CCN(C(C)=O)CC2)c1. The molecule has 0 radical (unpaired) electrons. The number of hydrogen-bond acceptors (Lipinski definition) is 4. The largest absolute Gasteiger partial charge is 0.465 e. The van der Waals surface area contributed by atoms with Crippen LogP contribution in [0.5, 0.6) is 0 Å². The fourth-order valence-electron chi connectivity index (χ4n) is 2.43. The van der Waals surface area contributed by atoms with Crippen LogP contribution in [0.2, 0.25) is 0 Å². The van der Waals surface area contributed by atoms with Crippen LogP contribution in [0, 0.1) is 0 Å². The van der Waals surface area contributed by atoms with Gasteiger partial charge in [-0.05, 0) is 31.0 Å². The summed E-state index contributed by atoms with van der Waals surface area (Å²) in [6.07, 6.45) is 1.84. The van der Waals surface area contributed by atoms with E-state index in [1.165, 1.54) is 7.11 Å². The van der Waals surface area contributed by atoms with Gasteiger partial charge in [-0.25, -0.2) is 4.79 Å². The number of benzene rings is 1. The Labute approximate surface area is 118 Å². The summed E-state index contributed by atoms with van der Waals surface area (Å²) in [4.78, 5) is 24.6. The summed E-state index contributed by atoms with van der Waals surface area (Å²) in [5.41, 5.74) is 1.45. The van der Waals surface area contributed by atoms with E-state index in [-0.39, 0.29) is 11.9 Å². The molecule has 1 aromatic carbocycles. The molecule has 0 spiro atoms. The molecular formula is C15H20N2O3. The predicted molar refractivity (Wildman–Crippen MR) is 76.7 cm³/mol. The van der Waals surface area contributed by atoms with Gasteiger partial charge in [0.1, 0.15) is 0 Å². The molecule has 5 heteroatoms. The molecule has 0 atom stereocenters. The van der Waals surface area contributed by atoms with Crippen molar-refractivity contribution >= 4 is 17.6 Å². The van der Waals surface area contributed by atoms with Crippen LogP contribution in [0.4, 0.5) is 5.69 Å². The molecule has 1 aliphatic heterocycles. The highest BCUT2D eigenvalue weighted by Gasteiger charge is 2.20. The van der Waals surface area contributed by atoms with E-state index < -0.39 is 0 Å². The Bertz CT molecular complexity index is 494. The maximum atomic E-state index is 11.5. The van der Waals surface area contributed by atoms with Crippen LogP contribution >= 0.6 is 0 Å². The predicted octanol–water partition coefficient (Wildman–Crippen LogP) is 1.90. The number of hydrogen-bond donors (Lipinski definition) is 1. The minimum Gasteiger partial charge on any atom is -0.465 e. The zero-order valence-electron chi connectivity index (χ0n) is 11.9. The second-order valence-corrected chi connectivity index (χ2v) is 5.00. The van der Waals surface area contributed by atoms with E-state index in [9.17, 15) is 9.59 Å². The molecule has 1 N–H and O–H groups in total. The lowest BCUT2D eigenvalue weighted by atomic mass is 10.0. The third-order valence-electron chi connectivity index (χ3n) is 3.59. The van der Waals surface area contributed by atoms with Gasteiger partial charge in [0.25, 0.3) is 0 Å². The van der Waals surface area contributed by atoms with Crippen molar-refractivity contribution in [3.8, 4) is 0 Å². The van der Waals surface area contributed by atoms with Crippen molar-refractivity contribution in [1.82, 2.24) is 4.90 Å². The second kappa shape index (κ2) is 6.41. The third-order valence-corrected chi connectivity index (χ3v) is 3.59. The molecule has 1 heterocycles. The quantitative estimate of drug-likeness (QED) is 0.857. The van der Waals surface area contributed by atoms with Crippen molar-refractivity contribution < 1.29 is 14.3 Å². The van der Waals surface area contributed by atoms with Crippen molar-refractivity contribution in [1.29, 1.82) is 0 Å². The van der Waals surface area contributed by atoms with E-state index in [1.807, 2.05) is 17.0 Å². The van der Waals surface area contributed by atoms with Crippen molar-refractivity contribution in [2.45, 2.75) is 25.8 Å². The van der Waals surface area contributed by atoms with Gasteiger partial charge in [0.2, 0.25) is 5.91 Å². The summed E-state index contributed by atoms with van der Waals surface area (Å²) in [6, 6.07) is 7.63. The lowest BCUT2D eigenvalue weighted by Gasteiger charge is -2.32. The van der Waals surface area contributed by atoms with Gasteiger partial charge in [0, 0.05) is 31.7 Å². The topological polar surface area (TPSA) is 58.6 Å². The van der Waals surface area contributed by atoms with Crippen molar-refractivity contribution in [2.75, 3.05) is 25.5 Å². The Morgan fingerprint density at radius 2 is 2.00 bits per heavy atom. The molecule has 1 saturated heterocycles. The van der Waals surface area contributed by atoms with E-state index in [0.29, 0.717) is 11.6 Å². The van der Waals surface area contributed by atoms with Crippen LogP contribution in [-0.4, -0.2) is 43.0 Å². The fraction of sp³-hybridized carbons (Fsp3) is 0.467. The summed E-state index contributed by atoms with van der Waals surface area (Å²) < 4.78 is 4.71. The lowest BCUT2D eigenvalue weighted by molar-refractivity contribution is -0.129. The maximum Gasteiger partial charge on any atom is 0.337 e. The summed E-state index contributed by atoms with van der Waals surface area (Å²) in [6.45, 7) is 3.17. The molecule has 1 aliphatic rings. The molecule has 1 amide bonds. The maximum absolute atomic E-state index is 11.5. The average molecular weight is 276 g/mol. The molecule has 0 aliphatic carbocycles. The van der Waals surface area contributed by atoms with E-state index in [4.69, 9.17) is 4.74 Å². The monoisotopic (exact) mass is 276 g/mol. The zero-order chi connectivity index (χ0) is 14.5. The molecule has 1 fully saturated rings. The average Bonchev–Trinajstić information content (AvgIpc) is 2.47. The Morgan fingerprint density at radius 3 is 2.60 bits per heavy atom. The van der Waals surface area contributed by atoms with Crippen LogP contribution in [0.15, 0.2) is 24.3 Å². The highest BCUT2D eigenvalue weighted by Crippen LogP contribution is 2.18. The minimum atomic E-state index is -0.333. The van der Waals surface area contributed by atoms with E-state index in [2.05, 4.69) is 5.32 Å². The number of carbonyl (C=O) groups is 2. The number of amides is 1. The molecule has 0 saturated carbocycles. The van der Waals surface area contributed by atoms with Crippen molar-refractivity contribution in [2.24, 2.45) is 0 Å². The summed E-state index contributed by atoms with van der Waals surface area (Å²) in [5.74, 6) is -0.198. The first-order chi connectivity index (χ1) is 9.60. The Hall–Kier alpha value is -2.04. The molecule has 108 valence electrons. The number of anilines is 1. The van der Waals surface area contributed by atoms with Gasteiger partial charge in [0.05, 0.1) is 12.7 Å². The number of esters is 1. The van der Waals surface area contributed by atoms with Crippen LogP contribution in [0.25, 0.3) is 0 Å². The number of carbonyl (C=O) groups excluding carboxylic acids is 2. The third kappa shape index (κ3) is 3.50. The van der Waals surface area contributed by atoms with Crippen LogP contribution < -0.4 is 5.32 Å². The summed E-state index contributed by atoms with van der Waals surface area (Å²) >= 11 is 0. The van der Waals surface area contributed by atoms with E-state index in [0.717, 1.165) is 31.6 Å². The van der Waals surface area contributed by atoms with Gasteiger partial charge in [0.15, 0.2) is 0 Å². The van der Waals surface area contributed by atoms with Gasteiger partial charge < -0.3 is 15.0 Å². The number of methoxy groups -OCH3 is 1. The van der Waals surface area contributed by atoms with Crippen LogP contribution in [0.3, 0.4) is 0 Å². The van der Waals surface area contributed by atoms with Crippen molar-refractivity contribution in [3.63, 3.8) is 0 Å². The van der Waals surface area contributed by atoms with Gasteiger partial charge in [-0.2, -0.15) is 0 Å². The number of rotatable bonds is 3. The Morgan fingerprint density at radius 1 is 1.30 bits per heavy atom. The molecular weight excluding hydrogens is 256 g/mol. The first kappa shape index (κ1) is 14.4. The van der Waals surface area contributed by atoms with E-state index >= 15 is 0 Å². The summed E-state index contributed by atoms with van der Waals surface area (Å²) in [7, 11) is 1.37. The molecule has 1 aromatic rings. The van der Waals surface area contributed by atoms with Gasteiger partial charge >= 0.3 is 5.97 Å². The molecule has 20 heavy (non-hydrogen) atoms. The number of piperidine rings is 1. The normalized spacial score (nSPS) is 15.8. The minimum absolute atomic E-state index is 0.135. The van der Waals surface area contributed by atoms with E-state index in [1.54, 1.807) is 19.1 Å².